The Kier molecular flexibility index (Phi) is 3.10. The van der Waals surface area contributed by atoms with Crippen molar-refractivity contribution < 1.29 is 9.53 Å². The van der Waals surface area contributed by atoms with E-state index in [2.05, 4.69) is 20.9 Å². The van der Waals surface area contributed by atoms with Gasteiger partial charge in [-0.05, 0) is 29.7 Å². The molecule has 16 heavy (non-hydrogen) atoms. The van der Waals surface area contributed by atoms with E-state index in [4.69, 9.17) is 4.74 Å². The summed E-state index contributed by atoms with van der Waals surface area (Å²) >= 11 is 3.43. The number of ether oxygens (including phenoxy) is 1. The van der Waals surface area contributed by atoms with E-state index in [-0.39, 0.29) is 11.7 Å². The normalized spacial score (nSPS) is 14.4. The van der Waals surface area contributed by atoms with Gasteiger partial charge in [0.1, 0.15) is 0 Å². The van der Waals surface area contributed by atoms with Gasteiger partial charge in [0.05, 0.1) is 12.8 Å². The first kappa shape index (κ1) is 11.3. The molecule has 1 aliphatic heterocycles. The van der Waals surface area contributed by atoms with Gasteiger partial charge in [-0.3, -0.25) is 4.79 Å². The van der Waals surface area contributed by atoms with Crippen molar-refractivity contribution in [3.8, 4) is 0 Å². The number of fused-ring (bicyclic) bond motifs is 1. The topological polar surface area (TPSA) is 38.7 Å². The van der Waals surface area contributed by atoms with Crippen LogP contribution in [0.4, 0.5) is 5.69 Å². The summed E-state index contributed by atoms with van der Waals surface area (Å²) in [6.07, 6.45) is 0.384. The number of rotatable bonds is 1. The van der Waals surface area contributed by atoms with Crippen molar-refractivity contribution in [2.45, 2.75) is 18.7 Å². The summed E-state index contributed by atoms with van der Waals surface area (Å²) in [7, 11) is 1.47. The highest BCUT2D eigenvalue weighted by molar-refractivity contribution is 9.08. The minimum Gasteiger partial charge on any atom is -0.478 e. The molecule has 0 unspecified atom stereocenters. The highest BCUT2D eigenvalue weighted by atomic mass is 79.9. The van der Waals surface area contributed by atoms with Crippen LogP contribution >= 0.6 is 15.9 Å². The summed E-state index contributed by atoms with van der Waals surface area (Å²) in [5, 5.41) is 0.793. The summed E-state index contributed by atoms with van der Waals surface area (Å²) in [5.74, 6) is 0.156. The van der Waals surface area contributed by atoms with Crippen LogP contribution in [0.5, 0.6) is 0 Å². The smallest absolute Gasteiger partial charge is 0.258 e. The fraction of sp³-hybridized carbons (Fsp3) is 0.333. The fourth-order valence-corrected chi connectivity index (χ4v) is 2.44. The van der Waals surface area contributed by atoms with Gasteiger partial charge in [0.25, 0.3) is 5.90 Å². The van der Waals surface area contributed by atoms with E-state index < -0.39 is 0 Å². The van der Waals surface area contributed by atoms with Crippen molar-refractivity contribution >= 4 is 33.3 Å². The molecule has 0 spiro atoms. The first-order valence-corrected chi connectivity index (χ1v) is 6.12. The maximum absolute atomic E-state index is 11.7. The Morgan fingerprint density at radius 2 is 2.25 bits per heavy atom. The van der Waals surface area contributed by atoms with Gasteiger partial charge < -0.3 is 4.74 Å². The Morgan fingerprint density at radius 1 is 1.50 bits per heavy atom. The standard InChI is InChI=1S/C12H12BrNO2/c1-7-8(6-13)3-4-10-9(7)5-11(15)12(14-10)16-2/h3-4H,5-6H2,1-2H3. The third kappa shape index (κ3) is 1.78. The number of hydrogen-bond donors (Lipinski definition) is 0. The van der Waals surface area contributed by atoms with Gasteiger partial charge in [0.15, 0.2) is 0 Å². The summed E-state index contributed by atoms with van der Waals surface area (Å²) in [6.45, 7) is 2.02. The lowest BCUT2D eigenvalue weighted by molar-refractivity contribution is -0.113. The molecule has 4 heteroatoms. The van der Waals surface area contributed by atoms with Gasteiger partial charge in [-0.1, -0.05) is 22.0 Å². The molecule has 0 radical (unpaired) electrons. The van der Waals surface area contributed by atoms with E-state index in [1.54, 1.807) is 0 Å². The lowest BCUT2D eigenvalue weighted by Crippen LogP contribution is -2.22. The Morgan fingerprint density at radius 3 is 2.88 bits per heavy atom. The van der Waals surface area contributed by atoms with E-state index in [0.29, 0.717) is 6.42 Å². The van der Waals surface area contributed by atoms with Crippen LogP contribution in [0.2, 0.25) is 0 Å². The molecule has 0 bridgehead atoms. The zero-order valence-electron chi connectivity index (χ0n) is 9.21. The van der Waals surface area contributed by atoms with Gasteiger partial charge in [0.2, 0.25) is 5.78 Å². The van der Waals surface area contributed by atoms with Crippen LogP contribution in [0.25, 0.3) is 0 Å². The number of hydrogen-bond acceptors (Lipinski definition) is 3. The monoisotopic (exact) mass is 281 g/mol. The number of alkyl halides is 1. The van der Waals surface area contributed by atoms with E-state index in [1.165, 1.54) is 12.7 Å². The van der Waals surface area contributed by atoms with Gasteiger partial charge >= 0.3 is 0 Å². The van der Waals surface area contributed by atoms with Crippen LogP contribution in [0, 0.1) is 6.92 Å². The number of halogens is 1. The van der Waals surface area contributed by atoms with Crippen LogP contribution in [-0.4, -0.2) is 18.8 Å². The average molecular weight is 282 g/mol. The number of carbonyl (C=O) groups is 1. The first-order valence-electron chi connectivity index (χ1n) is 5.00. The second kappa shape index (κ2) is 4.37. The maximum atomic E-state index is 11.7. The molecule has 1 aliphatic rings. The van der Waals surface area contributed by atoms with E-state index in [0.717, 1.165) is 22.1 Å². The van der Waals surface area contributed by atoms with E-state index >= 15 is 0 Å². The molecular weight excluding hydrogens is 270 g/mol. The van der Waals surface area contributed by atoms with Crippen molar-refractivity contribution in [2.75, 3.05) is 7.11 Å². The average Bonchev–Trinajstić information content (AvgIpc) is 2.30. The molecule has 1 aromatic carbocycles. The summed E-state index contributed by atoms with van der Waals surface area (Å²) in [4.78, 5) is 15.9. The first-order chi connectivity index (χ1) is 7.67. The van der Waals surface area contributed by atoms with Crippen molar-refractivity contribution in [3.63, 3.8) is 0 Å². The molecule has 0 amide bonds. The molecule has 0 aliphatic carbocycles. The lowest BCUT2D eigenvalue weighted by Gasteiger charge is -2.17. The fourth-order valence-electron chi connectivity index (χ4n) is 1.83. The number of Topliss-reactive ketones (excluding diaryl/α,β-unsaturated/α-hetero) is 1. The quantitative estimate of drug-likeness (QED) is 0.743. The zero-order chi connectivity index (χ0) is 11.7. The second-order valence-electron chi connectivity index (χ2n) is 3.70. The van der Waals surface area contributed by atoms with Crippen molar-refractivity contribution in [2.24, 2.45) is 4.99 Å². The number of carbonyl (C=O) groups excluding carboxylic acids is 1. The molecule has 2 rings (SSSR count). The Bertz CT molecular complexity index is 480. The number of ketones is 1. The SMILES string of the molecule is COC1=Nc2ccc(CBr)c(C)c2CC1=O. The molecule has 0 N–H and O–H groups in total. The molecule has 3 nitrogen and oxygen atoms in total. The number of methoxy groups -OCH3 is 1. The van der Waals surface area contributed by atoms with Gasteiger partial charge in [-0.25, -0.2) is 4.99 Å². The summed E-state index contributed by atoms with van der Waals surface area (Å²) in [5.41, 5.74) is 4.20. The maximum Gasteiger partial charge on any atom is 0.258 e. The van der Waals surface area contributed by atoms with Crippen molar-refractivity contribution in [3.05, 3.63) is 28.8 Å². The second-order valence-corrected chi connectivity index (χ2v) is 4.26. The highest BCUT2D eigenvalue weighted by Gasteiger charge is 2.23. The summed E-state index contributed by atoms with van der Waals surface area (Å²) < 4.78 is 4.95. The molecule has 0 saturated heterocycles. The van der Waals surface area contributed by atoms with Crippen LogP contribution < -0.4 is 0 Å². The third-order valence-corrected chi connectivity index (χ3v) is 3.43. The Balaban J connectivity index is 2.56. The summed E-state index contributed by atoms with van der Waals surface area (Å²) in [6, 6.07) is 3.96. The molecule has 1 aromatic rings. The van der Waals surface area contributed by atoms with Gasteiger partial charge in [-0.2, -0.15) is 0 Å². The largest absolute Gasteiger partial charge is 0.478 e. The van der Waals surface area contributed by atoms with Crippen LogP contribution in [0.15, 0.2) is 17.1 Å². The van der Waals surface area contributed by atoms with E-state index in [1.807, 2.05) is 19.1 Å². The highest BCUT2D eigenvalue weighted by Crippen LogP contribution is 2.30. The van der Waals surface area contributed by atoms with Crippen molar-refractivity contribution in [1.29, 1.82) is 0 Å². The predicted molar refractivity (Wildman–Crippen MR) is 66.6 cm³/mol. The Hall–Kier alpha value is -1.16. The molecule has 0 atom stereocenters. The van der Waals surface area contributed by atoms with Gasteiger partial charge in [0, 0.05) is 11.8 Å². The third-order valence-electron chi connectivity index (χ3n) is 2.82. The van der Waals surface area contributed by atoms with E-state index in [9.17, 15) is 4.79 Å². The molecule has 84 valence electrons. The molecule has 0 aromatic heterocycles. The zero-order valence-corrected chi connectivity index (χ0v) is 10.8. The molecule has 0 saturated carbocycles. The minimum atomic E-state index is -0.0511. The lowest BCUT2D eigenvalue weighted by atomic mass is 9.95. The number of benzene rings is 1. The number of aliphatic imine (C=N–C) groups is 1. The van der Waals surface area contributed by atoms with Crippen molar-refractivity contribution in [1.82, 2.24) is 0 Å². The predicted octanol–water partition coefficient (Wildman–Crippen LogP) is 2.69. The number of nitrogens with zero attached hydrogens (tertiary/aromatic N) is 1. The van der Waals surface area contributed by atoms with Gasteiger partial charge in [-0.15, -0.1) is 0 Å². The molecule has 1 heterocycles. The Labute approximate surface area is 103 Å². The molecular formula is C12H12BrNO2. The van der Waals surface area contributed by atoms with Crippen LogP contribution in [0.3, 0.4) is 0 Å². The minimum absolute atomic E-state index is 0.0511. The van der Waals surface area contributed by atoms with Crippen LogP contribution in [0.1, 0.15) is 16.7 Å². The molecule has 0 fully saturated rings. The van der Waals surface area contributed by atoms with Crippen LogP contribution in [-0.2, 0) is 21.3 Å².